The zero-order valence-corrected chi connectivity index (χ0v) is 10.6. The number of esters is 1. The van der Waals surface area contributed by atoms with E-state index in [1.807, 2.05) is 0 Å². The second kappa shape index (κ2) is 5.22. The van der Waals surface area contributed by atoms with Crippen LogP contribution in [0, 0.1) is 0 Å². The van der Waals surface area contributed by atoms with Crippen molar-refractivity contribution in [1.82, 2.24) is 9.88 Å². The van der Waals surface area contributed by atoms with Crippen LogP contribution in [0.5, 0.6) is 0 Å². The fourth-order valence-electron chi connectivity index (χ4n) is 2.11. The lowest BCUT2D eigenvalue weighted by molar-refractivity contribution is 0.0601. The highest BCUT2D eigenvalue weighted by Crippen LogP contribution is 2.20. The number of ether oxygens (including phenoxy) is 1. The minimum Gasteiger partial charge on any atom is -0.465 e. The summed E-state index contributed by atoms with van der Waals surface area (Å²) in [6.45, 7) is 1.98. The van der Waals surface area contributed by atoms with Crippen molar-refractivity contribution in [1.29, 1.82) is 0 Å². The molecular formula is C12H18N4O2. The Hall–Kier alpha value is -1.82. The number of anilines is 2. The zero-order valence-electron chi connectivity index (χ0n) is 10.6. The molecule has 1 unspecified atom stereocenters. The van der Waals surface area contributed by atoms with Gasteiger partial charge >= 0.3 is 5.97 Å². The Kier molecular flexibility index (Phi) is 3.66. The predicted octanol–water partition coefficient (Wildman–Crippen LogP) is 0.566. The fourth-order valence-corrected chi connectivity index (χ4v) is 2.11. The highest BCUT2D eigenvalue weighted by atomic mass is 16.5. The maximum atomic E-state index is 11.7. The number of hydrogen-bond acceptors (Lipinski definition) is 6. The molecule has 0 bridgehead atoms. The molecule has 0 spiro atoms. The predicted molar refractivity (Wildman–Crippen MR) is 69.5 cm³/mol. The maximum absolute atomic E-state index is 11.7. The summed E-state index contributed by atoms with van der Waals surface area (Å²) in [5, 5.41) is 3.27. The van der Waals surface area contributed by atoms with Crippen molar-refractivity contribution in [3.63, 3.8) is 0 Å². The van der Waals surface area contributed by atoms with Crippen molar-refractivity contribution in [2.24, 2.45) is 0 Å². The number of nitrogens with zero attached hydrogens (tertiary/aromatic N) is 2. The van der Waals surface area contributed by atoms with E-state index in [1.54, 1.807) is 6.07 Å². The lowest BCUT2D eigenvalue weighted by atomic mass is 10.2. The molecule has 0 amide bonds. The summed E-state index contributed by atoms with van der Waals surface area (Å²) >= 11 is 0. The highest BCUT2D eigenvalue weighted by Gasteiger charge is 2.22. The molecule has 6 nitrogen and oxygen atoms in total. The van der Waals surface area contributed by atoms with Crippen LogP contribution in [0.2, 0.25) is 0 Å². The molecule has 3 N–H and O–H groups in total. The first-order valence-corrected chi connectivity index (χ1v) is 5.89. The number of nitrogen functional groups attached to an aromatic ring is 1. The van der Waals surface area contributed by atoms with Gasteiger partial charge in [0, 0.05) is 12.6 Å². The summed E-state index contributed by atoms with van der Waals surface area (Å²) in [5.41, 5.74) is 6.47. The molecule has 1 aliphatic rings. The standard InChI is InChI=1S/C12H18N4O2/c1-16-4-3-9(7-16)15-11-10(12(17)18-2)5-8(13)6-14-11/h5-6,9H,3-4,7,13H2,1-2H3,(H,14,15). The van der Waals surface area contributed by atoms with Crippen LogP contribution < -0.4 is 11.1 Å². The van der Waals surface area contributed by atoms with Crippen LogP contribution in [-0.4, -0.2) is 49.1 Å². The monoisotopic (exact) mass is 250 g/mol. The lowest BCUT2D eigenvalue weighted by Crippen LogP contribution is -2.25. The van der Waals surface area contributed by atoms with Gasteiger partial charge in [0.15, 0.2) is 0 Å². The van der Waals surface area contributed by atoms with E-state index in [0.29, 0.717) is 23.1 Å². The van der Waals surface area contributed by atoms with Gasteiger partial charge in [-0.05, 0) is 26.1 Å². The second-order valence-electron chi connectivity index (χ2n) is 4.55. The Morgan fingerprint density at radius 1 is 1.67 bits per heavy atom. The third-order valence-corrected chi connectivity index (χ3v) is 3.05. The average molecular weight is 250 g/mol. The van der Waals surface area contributed by atoms with Crippen molar-refractivity contribution >= 4 is 17.5 Å². The first kappa shape index (κ1) is 12.6. The highest BCUT2D eigenvalue weighted by molar-refractivity contribution is 5.95. The van der Waals surface area contributed by atoms with Gasteiger partial charge in [-0.1, -0.05) is 0 Å². The molecule has 1 aliphatic heterocycles. The summed E-state index contributed by atoms with van der Waals surface area (Å²) in [5.74, 6) is 0.111. The molecule has 0 radical (unpaired) electrons. The number of aromatic nitrogens is 1. The van der Waals surface area contributed by atoms with Crippen LogP contribution in [0.25, 0.3) is 0 Å². The van der Waals surface area contributed by atoms with E-state index in [2.05, 4.69) is 22.2 Å². The lowest BCUT2D eigenvalue weighted by Gasteiger charge is -2.15. The zero-order chi connectivity index (χ0) is 13.1. The molecule has 2 heterocycles. The number of carbonyl (C=O) groups is 1. The smallest absolute Gasteiger partial charge is 0.341 e. The van der Waals surface area contributed by atoms with E-state index in [4.69, 9.17) is 10.5 Å². The van der Waals surface area contributed by atoms with Gasteiger partial charge in [0.1, 0.15) is 11.4 Å². The van der Waals surface area contributed by atoms with Crippen molar-refractivity contribution in [2.75, 3.05) is 38.3 Å². The molecule has 2 rings (SSSR count). The van der Waals surface area contributed by atoms with Crippen LogP contribution in [0.1, 0.15) is 16.8 Å². The third kappa shape index (κ3) is 2.70. The number of likely N-dealkylation sites (tertiary alicyclic amines) is 1. The van der Waals surface area contributed by atoms with Crippen LogP contribution in [0.3, 0.4) is 0 Å². The molecule has 1 fully saturated rings. The summed E-state index contributed by atoms with van der Waals surface area (Å²) < 4.78 is 4.73. The summed E-state index contributed by atoms with van der Waals surface area (Å²) in [7, 11) is 3.41. The maximum Gasteiger partial charge on any atom is 0.341 e. The second-order valence-corrected chi connectivity index (χ2v) is 4.55. The number of carbonyl (C=O) groups excluding carboxylic acids is 1. The van der Waals surface area contributed by atoms with Crippen molar-refractivity contribution in [3.05, 3.63) is 17.8 Å². The minimum absolute atomic E-state index is 0.300. The van der Waals surface area contributed by atoms with E-state index in [1.165, 1.54) is 13.3 Å². The van der Waals surface area contributed by atoms with Crippen LogP contribution >= 0.6 is 0 Å². The van der Waals surface area contributed by atoms with Gasteiger partial charge in [-0.3, -0.25) is 0 Å². The third-order valence-electron chi connectivity index (χ3n) is 3.05. The van der Waals surface area contributed by atoms with Crippen LogP contribution in [-0.2, 0) is 4.74 Å². The Labute approximate surface area is 106 Å². The number of hydrogen-bond donors (Lipinski definition) is 2. The van der Waals surface area contributed by atoms with Gasteiger partial charge in [-0.2, -0.15) is 0 Å². The number of pyridine rings is 1. The van der Waals surface area contributed by atoms with Crippen LogP contribution in [0.4, 0.5) is 11.5 Å². The minimum atomic E-state index is -0.427. The Morgan fingerprint density at radius 2 is 2.44 bits per heavy atom. The number of nitrogens with one attached hydrogen (secondary N) is 1. The van der Waals surface area contributed by atoms with Crippen molar-refractivity contribution in [3.8, 4) is 0 Å². The van der Waals surface area contributed by atoms with Gasteiger partial charge in [0.05, 0.1) is 19.0 Å². The number of methoxy groups -OCH3 is 1. The van der Waals surface area contributed by atoms with Crippen molar-refractivity contribution < 1.29 is 9.53 Å². The molecule has 1 aromatic rings. The van der Waals surface area contributed by atoms with Gasteiger partial charge < -0.3 is 20.7 Å². The quantitative estimate of drug-likeness (QED) is 0.763. The first-order chi connectivity index (χ1) is 8.60. The molecule has 1 atom stereocenters. The Morgan fingerprint density at radius 3 is 3.06 bits per heavy atom. The first-order valence-electron chi connectivity index (χ1n) is 5.89. The van der Waals surface area contributed by atoms with Gasteiger partial charge in [0.2, 0.25) is 0 Å². The molecular weight excluding hydrogens is 232 g/mol. The molecule has 98 valence electrons. The largest absolute Gasteiger partial charge is 0.465 e. The van der Waals surface area contributed by atoms with Gasteiger partial charge in [0.25, 0.3) is 0 Å². The molecule has 0 aliphatic carbocycles. The molecule has 1 aromatic heterocycles. The summed E-state index contributed by atoms with van der Waals surface area (Å²) in [4.78, 5) is 18.1. The van der Waals surface area contributed by atoms with E-state index in [-0.39, 0.29) is 0 Å². The van der Waals surface area contributed by atoms with E-state index in [9.17, 15) is 4.79 Å². The fraction of sp³-hybridized carbons (Fsp3) is 0.500. The number of likely N-dealkylation sites (N-methyl/N-ethyl adjacent to an activating group) is 1. The molecule has 6 heteroatoms. The number of rotatable bonds is 3. The van der Waals surface area contributed by atoms with Crippen LogP contribution in [0.15, 0.2) is 12.3 Å². The molecule has 18 heavy (non-hydrogen) atoms. The molecule has 1 saturated heterocycles. The van der Waals surface area contributed by atoms with E-state index in [0.717, 1.165) is 19.5 Å². The topological polar surface area (TPSA) is 80.5 Å². The number of nitrogens with two attached hydrogens (primary N) is 1. The Balaban J connectivity index is 2.18. The SMILES string of the molecule is COC(=O)c1cc(N)cnc1NC1CCN(C)C1. The van der Waals surface area contributed by atoms with E-state index < -0.39 is 5.97 Å². The van der Waals surface area contributed by atoms with Gasteiger partial charge in [-0.15, -0.1) is 0 Å². The van der Waals surface area contributed by atoms with Crippen molar-refractivity contribution in [2.45, 2.75) is 12.5 Å². The van der Waals surface area contributed by atoms with E-state index >= 15 is 0 Å². The molecule has 0 aromatic carbocycles. The van der Waals surface area contributed by atoms with Gasteiger partial charge in [-0.25, -0.2) is 9.78 Å². The Bertz CT molecular complexity index is 450. The average Bonchev–Trinajstić information content (AvgIpc) is 2.76. The summed E-state index contributed by atoms with van der Waals surface area (Å²) in [6, 6.07) is 1.88. The summed E-state index contributed by atoms with van der Waals surface area (Å²) in [6.07, 6.45) is 2.57. The molecule has 0 saturated carbocycles. The normalized spacial score (nSPS) is 19.8.